The Hall–Kier alpha value is -3.35. The number of rotatable bonds is 9. The van der Waals surface area contributed by atoms with Crippen LogP contribution in [0.4, 0.5) is 4.79 Å². The number of hydrogen-bond donors (Lipinski definition) is 3. The predicted octanol–water partition coefficient (Wildman–Crippen LogP) is 3.92. The lowest BCUT2D eigenvalue weighted by Crippen LogP contribution is -2.50. The van der Waals surface area contributed by atoms with Gasteiger partial charge in [0.15, 0.2) is 0 Å². The third-order valence-corrected chi connectivity index (χ3v) is 7.36. The SMILES string of the molecule is O=C(NC1CC(C(=O)NCC(CC2CC2)C(=O)O)C1)OCC1c2ccccc2-c2ccccc21. The van der Waals surface area contributed by atoms with Gasteiger partial charge in [-0.15, -0.1) is 0 Å². The highest BCUT2D eigenvalue weighted by molar-refractivity contribution is 5.81. The summed E-state index contributed by atoms with van der Waals surface area (Å²) in [6, 6.07) is 16.3. The molecule has 2 saturated carbocycles. The zero-order valence-corrected chi connectivity index (χ0v) is 19.0. The van der Waals surface area contributed by atoms with Crippen LogP contribution in [0, 0.1) is 17.8 Å². The average molecular weight is 463 g/mol. The number of fused-ring (bicyclic) bond motifs is 3. The molecule has 0 spiro atoms. The van der Waals surface area contributed by atoms with Gasteiger partial charge < -0.3 is 20.5 Å². The molecule has 0 aliphatic heterocycles. The highest BCUT2D eigenvalue weighted by Crippen LogP contribution is 2.44. The lowest BCUT2D eigenvalue weighted by atomic mass is 9.79. The number of benzene rings is 2. The van der Waals surface area contributed by atoms with Crippen molar-refractivity contribution < 1.29 is 24.2 Å². The van der Waals surface area contributed by atoms with Gasteiger partial charge in [0.05, 0.1) is 5.92 Å². The van der Waals surface area contributed by atoms with Crippen molar-refractivity contribution in [3.05, 3.63) is 59.7 Å². The number of carboxylic acids is 1. The summed E-state index contributed by atoms with van der Waals surface area (Å²) in [7, 11) is 0. The Kier molecular flexibility index (Phi) is 6.26. The first kappa shape index (κ1) is 22.4. The van der Waals surface area contributed by atoms with Crippen molar-refractivity contribution in [3.63, 3.8) is 0 Å². The summed E-state index contributed by atoms with van der Waals surface area (Å²) in [4.78, 5) is 36.2. The monoisotopic (exact) mass is 462 g/mol. The van der Waals surface area contributed by atoms with Crippen molar-refractivity contribution in [2.75, 3.05) is 13.2 Å². The number of carbonyl (C=O) groups is 3. The molecular formula is C27H30N2O5. The number of ether oxygens (including phenoxy) is 1. The smallest absolute Gasteiger partial charge is 0.407 e. The van der Waals surface area contributed by atoms with Crippen LogP contribution in [0.1, 0.15) is 49.1 Å². The summed E-state index contributed by atoms with van der Waals surface area (Å²) in [5.41, 5.74) is 4.70. The van der Waals surface area contributed by atoms with E-state index in [-0.39, 0.29) is 36.9 Å². The first-order chi connectivity index (χ1) is 16.5. The maximum absolute atomic E-state index is 12.4. The quantitative estimate of drug-likeness (QED) is 0.524. The molecule has 3 aliphatic rings. The summed E-state index contributed by atoms with van der Waals surface area (Å²) >= 11 is 0. The van der Waals surface area contributed by atoms with Crippen LogP contribution in [0.3, 0.4) is 0 Å². The van der Waals surface area contributed by atoms with E-state index >= 15 is 0 Å². The molecule has 2 amide bonds. The zero-order chi connectivity index (χ0) is 23.7. The molecule has 2 fully saturated rings. The van der Waals surface area contributed by atoms with Gasteiger partial charge in [-0.25, -0.2) is 4.79 Å². The minimum atomic E-state index is -0.851. The molecule has 0 heterocycles. The second kappa shape index (κ2) is 9.49. The third kappa shape index (κ3) is 4.79. The molecule has 1 atom stereocenters. The Labute approximate surface area is 198 Å². The summed E-state index contributed by atoms with van der Waals surface area (Å²) in [5.74, 6) is -1.20. The van der Waals surface area contributed by atoms with Crippen LogP contribution in [0.25, 0.3) is 11.1 Å². The summed E-state index contributed by atoms with van der Waals surface area (Å²) in [6.45, 7) is 0.430. The fourth-order valence-corrected chi connectivity index (χ4v) is 5.15. The number of carbonyl (C=O) groups excluding carboxylic acids is 2. The van der Waals surface area contributed by atoms with E-state index in [1.165, 1.54) is 22.3 Å². The van der Waals surface area contributed by atoms with Crippen LogP contribution in [0.5, 0.6) is 0 Å². The fraction of sp³-hybridized carbons (Fsp3) is 0.444. The first-order valence-corrected chi connectivity index (χ1v) is 12.1. The van der Waals surface area contributed by atoms with Crippen molar-refractivity contribution in [1.29, 1.82) is 0 Å². The third-order valence-electron chi connectivity index (χ3n) is 7.36. The van der Waals surface area contributed by atoms with E-state index in [0.29, 0.717) is 25.2 Å². The summed E-state index contributed by atoms with van der Waals surface area (Å²) in [6.07, 6.45) is 3.41. The molecule has 7 heteroatoms. The second-order valence-electron chi connectivity index (χ2n) is 9.79. The minimum absolute atomic E-state index is 0.0101. The Morgan fingerprint density at radius 2 is 1.59 bits per heavy atom. The van der Waals surface area contributed by atoms with Crippen LogP contribution in [0.2, 0.25) is 0 Å². The van der Waals surface area contributed by atoms with Crippen molar-refractivity contribution in [2.24, 2.45) is 17.8 Å². The Bertz CT molecular complexity index is 1040. The van der Waals surface area contributed by atoms with E-state index in [4.69, 9.17) is 4.74 Å². The minimum Gasteiger partial charge on any atom is -0.481 e. The lowest BCUT2D eigenvalue weighted by Gasteiger charge is -2.34. The molecule has 3 N–H and O–H groups in total. The van der Waals surface area contributed by atoms with Gasteiger partial charge in [-0.05, 0) is 47.4 Å². The lowest BCUT2D eigenvalue weighted by molar-refractivity contribution is -0.142. The number of amides is 2. The van der Waals surface area contributed by atoms with Crippen LogP contribution >= 0.6 is 0 Å². The molecule has 7 nitrogen and oxygen atoms in total. The van der Waals surface area contributed by atoms with E-state index in [2.05, 4.69) is 34.9 Å². The van der Waals surface area contributed by atoms with Gasteiger partial charge in [-0.3, -0.25) is 9.59 Å². The fourth-order valence-electron chi connectivity index (χ4n) is 5.15. The number of alkyl carbamates (subject to hydrolysis) is 1. The van der Waals surface area contributed by atoms with E-state index < -0.39 is 18.0 Å². The van der Waals surface area contributed by atoms with Gasteiger partial charge in [0, 0.05) is 24.4 Å². The molecular weight excluding hydrogens is 432 g/mol. The molecule has 0 radical (unpaired) electrons. The van der Waals surface area contributed by atoms with Crippen LogP contribution in [-0.4, -0.2) is 42.3 Å². The van der Waals surface area contributed by atoms with Gasteiger partial charge in [0.1, 0.15) is 6.61 Å². The number of hydrogen-bond acceptors (Lipinski definition) is 4. The van der Waals surface area contributed by atoms with Crippen molar-refractivity contribution >= 4 is 18.0 Å². The maximum atomic E-state index is 12.4. The molecule has 3 aliphatic carbocycles. The van der Waals surface area contributed by atoms with Crippen LogP contribution < -0.4 is 10.6 Å². The summed E-state index contributed by atoms with van der Waals surface area (Å²) in [5, 5.41) is 15.0. The van der Waals surface area contributed by atoms with Crippen molar-refractivity contribution in [1.82, 2.24) is 10.6 Å². The standard InChI is InChI=1S/C27H30N2O5/c30-25(28-14-18(26(31)32)11-16-9-10-16)17-12-19(13-17)29-27(33)34-15-24-22-7-3-1-5-20(22)21-6-2-4-8-23(21)24/h1-8,16-19,24H,9-15H2,(H,28,30)(H,29,33)(H,31,32). The molecule has 2 aromatic carbocycles. The summed E-state index contributed by atoms with van der Waals surface area (Å²) < 4.78 is 5.57. The van der Waals surface area contributed by atoms with Gasteiger partial charge in [-0.1, -0.05) is 61.4 Å². The normalized spacial score (nSPS) is 21.5. The molecule has 178 valence electrons. The Balaban J connectivity index is 1.06. The topological polar surface area (TPSA) is 105 Å². The molecule has 1 unspecified atom stereocenters. The van der Waals surface area contributed by atoms with Crippen molar-refractivity contribution in [3.8, 4) is 11.1 Å². The van der Waals surface area contributed by atoms with Crippen LogP contribution in [-0.2, 0) is 14.3 Å². The highest BCUT2D eigenvalue weighted by atomic mass is 16.5. The van der Waals surface area contributed by atoms with Gasteiger partial charge in [0.2, 0.25) is 5.91 Å². The average Bonchev–Trinajstić information content (AvgIpc) is 3.57. The molecule has 2 aromatic rings. The molecule has 5 rings (SSSR count). The van der Waals surface area contributed by atoms with Gasteiger partial charge >= 0.3 is 12.1 Å². The molecule has 34 heavy (non-hydrogen) atoms. The number of nitrogens with one attached hydrogen (secondary N) is 2. The van der Waals surface area contributed by atoms with E-state index in [1.807, 2.05) is 24.3 Å². The predicted molar refractivity (Wildman–Crippen MR) is 126 cm³/mol. The molecule has 0 aromatic heterocycles. The number of aliphatic carboxylic acids is 1. The van der Waals surface area contributed by atoms with E-state index in [9.17, 15) is 19.5 Å². The highest BCUT2D eigenvalue weighted by Gasteiger charge is 2.37. The largest absolute Gasteiger partial charge is 0.481 e. The molecule has 0 saturated heterocycles. The van der Waals surface area contributed by atoms with Gasteiger partial charge in [-0.2, -0.15) is 0 Å². The van der Waals surface area contributed by atoms with Crippen molar-refractivity contribution in [2.45, 2.75) is 44.1 Å². The first-order valence-electron chi connectivity index (χ1n) is 12.1. The zero-order valence-electron chi connectivity index (χ0n) is 19.0. The van der Waals surface area contributed by atoms with Crippen LogP contribution in [0.15, 0.2) is 48.5 Å². The maximum Gasteiger partial charge on any atom is 0.407 e. The van der Waals surface area contributed by atoms with E-state index in [1.54, 1.807) is 0 Å². The Morgan fingerprint density at radius 1 is 0.971 bits per heavy atom. The second-order valence-corrected chi connectivity index (χ2v) is 9.79. The Morgan fingerprint density at radius 3 is 2.18 bits per heavy atom. The number of carboxylic acid groups (broad SMARTS) is 1. The molecule has 0 bridgehead atoms. The van der Waals surface area contributed by atoms with E-state index in [0.717, 1.165) is 12.8 Å². The van der Waals surface area contributed by atoms with Gasteiger partial charge in [0.25, 0.3) is 0 Å².